The van der Waals surface area contributed by atoms with Crippen LogP contribution in [-0.4, -0.2) is 33.8 Å². The van der Waals surface area contributed by atoms with Crippen molar-refractivity contribution in [1.82, 2.24) is 19.7 Å². The average Bonchev–Trinajstić information content (AvgIpc) is 3.02. The Balaban J connectivity index is 2.24. The van der Waals surface area contributed by atoms with Gasteiger partial charge in [0.1, 0.15) is 23.6 Å². The van der Waals surface area contributed by atoms with Crippen LogP contribution in [-0.2, 0) is 12.6 Å². The van der Waals surface area contributed by atoms with Crippen LogP contribution in [0.25, 0.3) is 11.0 Å². The van der Waals surface area contributed by atoms with E-state index in [1.54, 1.807) is 25.9 Å². The lowest BCUT2D eigenvalue weighted by Crippen LogP contribution is -2.20. The molecule has 0 saturated carbocycles. The Hall–Kier alpha value is -2.91. The first-order chi connectivity index (χ1) is 13.6. The van der Waals surface area contributed by atoms with Gasteiger partial charge in [0.15, 0.2) is 5.65 Å². The summed E-state index contributed by atoms with van der Waals surface area (Å²) in [6.45, 7) is 1.43. The van der Waals surface area contributed by atoms with Crippen LogP contribution >= 0.6 is 0 Å². The van der Waals surface area contributed by atoms with Crippen molar-refractivity contribution in [3.05, 3.63) is 51.2 Å². The van der Waals surface area contributed by atoms with Crippen molar-refractivity contribution in [2.45, 2.75) is 38.9 Å². The van der Waals surface area contributed by atoms with E-state index >= 15 is 0 Å². The highest BCUT2D eigenvalue weighted by Gasteiger charge is 2.28. The van der Waals surface area contributed by atoms with Gasteiger partial charge in [-0.25, -0.2) is 22.2 Å². The fraction of sp³-hybridized carbons (Fsp3) is 0.421. The normalized spacial score (nSPS) is 13.1. The molecule has 1 atom stereocenters. The minimum absolute atomic E-state index is 0.0198. The minimum atomic E-state index is -3.18. The molecule has 0 aliphatic carbocycles. The molecule has 1 aromatic carbocycles. The number of fused-ring (bicyclic) bond motifs is 1. The van der Waals surface area contributed by atoms with Crippen molar-refractivity contribution >= 4 is 17.0 Å². The zero-order chi connectivity index (χ0) is 21.5. The molecule has 0 unspecified atom stereocenters. The fourth-order valence-electron chi connectivity index (χ4n) is 3.22. The molecule has 6 nitrogen and oxygen atoms in total. The van der Waals surface area contributed by atoms with Crippen molar-refractivity contribution in [1.29, 1.82) is 0 Å². The van der Waals surface area contributed by atoms with Crippen LogP contribution in [0.15, 0.2) is 23.0 Å². The van der Waals surface area contributed by atoms with Crippen molar-refractivity contribution in [3.8, 4) is 0 Å². The van der Waals surface area contributed by atoms with Crippen LogP contribution in [0.5, 0.6) is 0 Å². The van der Waals surface area contributed by atoms with Crippen molar-refractivity contribution < 1.29 is 17.6 Å². The molecule has 29 heavy (non-hydrogen) atoms. The van der Waals surface area contributed by atoms with E-state index in [0.717, 1.165) is 12.1 Å². The number of benzene rings is 1. The predicted molar refractivity (Wildman–Crippen MR) is 102 cm³/mol. The summed E-state index contributed by atoms with van der Waals surface area (Å²) in [7, 11) is 3.34. The van der Waals surface area contributed by atoms with Gasteiger partial charge in [0.2, 0.25) is 5.95 Å². The molecular formula is C19H21F4N5O. The topological polar surface area (TPSA) is 66.8 Å². The smallest absolute Gasteiger partial charge is 0.270 e. The maximum atomic E-state index is 14.7. The highest BCUT2D eigenvalue weighted by molar-refractivity contribution is 5.78. The lowest BCUT2D eigenvalue weighted by atomic mass is 10.00. The summed E-state index contributed by atoms with van der Waals surface area (Å²) in [5.74, 6) is -3.79. The summed E-state index contributed by atoms with van der Waals surface area (Å²) in [4.78, 5) is 20.9. The largest absolute Gasteiger partial charge is 0.348 e. The quantitative estimate of drug-likeness (QED) is 0.625. The Morgan fingerprint density at radius 3 is 2.52 bits per heavy atom. The summed E-state index contributed by atoms with van der Waals surface area (Å²) in [6, 6.07) is 2.43. The second-order valence-corrected chi connectivity index (χ2v) is 7.06. The molecule has 3 rings (SSSR count). The molecular weight excluding hydrogens is 390 g/mol. The second-order valence-electron chi connectivity index (χ2n) is 7.06. The summed E-state index contributed by atoms with van der Waals surface area (Å²) in [6.07, 6.45) is 0.313. The van der Waals surface area contributed by atoms with Crippen LogP contribution in [0, 0.1) is 5.82 Å². The van der Waals surface area contributed by atoms with Crippen LogP contribution in [0.3, 0.4) is 0 Å². The van der Waals surface area contributed by atoms with E-state index in [1.807, 2.05) is 0 Å². The lowest BCUT2D eigenvalue weighted by Gasteiger charge is -2.20. The zero-order valence-corrected chi connectivity index (χ0v) is 16.4. The first-order valence-corrected chi connectivity index (χ1v) is 9.00. The van der Waals surface area contributed by atoms with Crippen LogP contribution < -0.4 is 10.5 Å². The Bertz CT molecular complexity index is 1100. The van der Waals surface area contributed by atoms with Gasteiger partial charge >= 0.3 is 0 Å². The van der Waals surface area contributed by atoms with Gasteiger partial charge in [0.05, 0.1) is 6.04 Å². The summed E-state index contributed by atoms with van der Waals surface area (Å²) < 4.78 is 56.6. The van der Waals surface area contributed by atoms with E-state index in [9.17, 15) is 22.4 Å². The van der Waals surface area contributed by atoms with E-state index in [0.29, 0.717) is 13.3 Å². The van der Waals surface area contributed by atoms with Crippen molar-refractivity contribution in [2.75, 3.05) is 19.0 Å². The average molecular weight is 411 g/mol. The Labute approximate surface area is 164 Å². The van der Waals surface area contributed by atoms with Gasteiger partial charge in [-0.15, -0.1) is 0 Å². The molecule has 0 bridgehead atoms. The molecule has 2 heterocycles. The number of aromatic amines is 1. The minimum Gasteiger partial charge on any atom is -0.348 e. The van der Waals surface area contributed by atoms with Crippen LogP contribution in [0.4, 0.5) is 23.5 Å². The van der Waals surface area contributed by atoms with E-state index in [4.69, 9.17) is 0 Å². The summed E-state index contributed by atoms with van der Waals surface area (Å²) in [5.41, 5.74) is -0.929. The molecule has 0 fully saturated rings. The number of aromatic nitrogens is 4. The van der Waals surface area contributed by atoms with Gasteiger partial charge in [-0.1, -0.05) is 19.1 Å². The van der Waals surface area contributed by atoms with E-state index in [-0.39, 0.29) is 28.2 Å². The van der Waals surface area contributed by atoms with Gasteiger partial charge in [-0.2, -0.15) is 10.1 Å². The number of hydrogen-bond acceptors (Lipinski definition) is 4. The van der Waals surface area contributed by atoms with E-state index in [1.165, 1.54) is 10.7 Å². The fourth-order valence-corrected chi connectivity index (χ4v) is 3.22. The zero-order valence-electron chi connectivity index (χ0n) is 16.4. The van der Waals surface area contributed by atoms with Gasteiger partial charge in [-0.3, -0.25) is 9.78 Å². The highest BCUT2D eigenvalue weighted by atomic mass is 19.3. The number of halogens is 4. The number of nitrogens with zero attached hydrogens (tertiary/aromatic N) is 4. The second kappa shape index (κ2) is 7.49. The molecule has 2 aromatic heterocycles. The van der Waals surface area contributed by atoms with Gasteiger partial charge in [0.25, 0.3) is 11.5 Å². The third-order valence-electron chi connectivity index (χ3n) is 4.72. The Kier molecular flexibility index (Phi) is 5.38. The monoisotopic (exact) mass is 411 g/mol. The number of nitrogens with one attached hydrogen (secondary N) is 1. The molecule has 0 radical (unpaired) electrons. The molecule has 0 saturated heterocycles. The summed E-state index contributed by atoms with van der Waals surface area (Å²) in [5, 5.41) is 4.14. The third kappa shape index (κ3) is 3.70. The van der Waals surface area contributed by atoms with Gasteiger partial charge in [0, 0.05) is 32.1 Å². The summed E-state index contributed by atoms with van der Waals surface area (Å²) >= 11 is 0. The number of H-pyrrole nitrogens is 1. The van der Waals surface area contributed by atoms with Gasteiger partial charge in [-0.05, 0) is 12.5 Å². The maximum absolute atomic E-state index is 14.7. The first-order valence-electron chi connectivity index (χ1n) is 9.00. The lowest BCUT2D eigenvalue weighted by molar-refractivity contribution is 0.0171. The standard InChI is InChI=1S/C19H21F4N5O/c1-5-14(11-7-6-10(8-12(11)21)19(2,22)23)28-16-15(13(9-20)26-28)17(29)25-18(24-16)27(3)4/h6-8,14H,5,9H2,1-4H3,(H,24,25,29)/t14-/m0/s1. The number of hydrogen-bond donors (Lipinski definition) is 1. The van der Waals surface area contributed by atoms with E-state index < -0.39 is 35.6 Å². The molecule has 10 heteroatoms. The van der Waals surface area contributed by atoms with Crippen LogP contribution in [0.2, 0.25) is 0 Å². The molecule has 156 valence electrons. The number of alkyl halides is 3. The SMILES string of the molecule is CC[C@@H](c1ccc(C(C)(F)F)cc1F)n1nc(CF)c2c(=O)[nH]c(N(C)C)nc21. The number of anilines is 1. The molecule has 0 aliphatic heterocycles. The Morgan fingerprint density at radius 2 is 2.00 bits per heavy atom. The molecule has 0 aliphatic rings. The molecule has 1 N–H and O–H groups in total. The van der Waals surface area contributed by atoms with Crippen LogP contribution in [0.1, 0.15) is 43.1 Å². The van der Waals surface area contributed by atoms with E-state index in [2.05, 4.69) is 15.1 Å². The first kappa shape index (κ1) is 20.8. The maximum Gasteiger partial charge on any atom is 0.270 e. The number of rotatable bonds is 6. The highest BCUT2D eigenvalue weighted by Crippen LogP contribution is 2.33. The predicted octanol–water partition coefficient (Wildman–Crippen LogP) is 3.91. The van der Waals surface area contributed by atoms with Gasteiger partial charge < -0.3 is 4.90 Å². The Morgan fingerprint density at radius 1 is 1.31 bits per heavy atom. The van der Waals surface area contributed by atoms with Crippen molar-refractivity contribution in [3.63, 3.8) is 0 Å². The molecule has 3 aromatic rings. The molecule has 0 spiro atoms. The molecule has 0 amide bonds. The third-order valence-corrected chi connectivity index (χ3v) is 4.72. The van der Waals surface area contributed by atoms with Crippen molar-refractivity contribution in [2.24, 2.45) is 0 Å².